The van der Waals surface area contributed by atoms with E-state index in [1.54, 1.807) is 0 Å². The normalized spacial score (nSPS) is 31.2. The van der Waals surface area contributed by atoms with Crippen LogP contribution < -0.4 is 17.2 Å². The number of nitrogens with two attached hydrogens (primary N) is 3. The molecule has 1 fully saturated rings. The molecular formula is C6H20Cl3N3O. The van der Waals surface area contributed by atoms with Crippen LogP contribution in [-0.2, 0) is 0 Å². The Kier molecular flexibility index (Phi) is 19.5. The van der Waals surface area contributed by atoms with Crippen molar-refractivity contribution in [3.8, 4) is 0 Å². The Labute approximate surface area is 97.5 Å². The van der Waals surface area contributed by atoms with Crippen molar-refractivity contribution in [1.29, 1.82) is 0 Å². The summed E-state index contributed by atoms with van der Waals surface area (Å²) in [6.07, 6.45) is 2.81. The molecule has 0 unspecified atom stereocenters. The van der Waals surface area contributed by atoms with Gasteiger partial charge in [0.25, 0.3) is 0 Å². The fourth-order valence-electron chi connectivity index (χ4n) is 1.46. The molecule has 0 amide bonds. The molecule has 7 heteroatoms. The first kappa shape index (κ1) is 23.5. The molecule has 4 nitrogen and oxygen atoms in total. The second kappa shape index (κ2) is 10.8. The molecule has 1 saturated carbocycles. The molecule has 0 aromatic carbocycles. The fourth-order valence-corrected chi connectivity index (χ4v) is 1.46. The smallest absolute Gasteiger partial charge is 0.00683 e. The molecule has 0 radical (unpaired) electrons. The van der Waals surface area contributed by atoms with Crippen LogP contribution in [0.5, 0.6) is 0 Å². The van der Waals surface area contributed by atoms with Gasteiger partial charge in [0.1, 0.15) is 0 Å². The average Bonchev–Trinajstić information content (AvgIpc) is 1.59. The van der Waals surface area contributed by atoms with Crippen molar-refractivity contribution in [2.75, 3.05) is 0 Å². The minimum absolute atomic E-state index is 0. The van der Waals surface area contributed by atoms with E-state index in [0.717, 1.165) is 19.3 Å². The molecule has 0 aromatic rings. The first-order chi connectivity index (χ1) is 4.18. The molecule has 0 aliphatic heterocycles. The van der Waals surface area contributed by atoms with E-state index in [9.17, 15) is 0 Å². The van der Waals surface area contributed by atoms with Gasteiger partial charge in [-0.1, -0.05) is 0 Å². The summed E-state index contributed by atoms with van der Waals surface area (Å²) in [5.41, 5.74) is 17.0. The maximum atomic E-state index is 5.66. The molecule has 0 bridgehead atoms. The summed E-state index contributed by atoms with van der Waals surface area (Å²) in [6.45, 7) is 0. The van der Waals surface area contributed by atoms with Gasteiger partial charge in [0.05, 0.1) is 0 Å². The lowest BCUT2D eigenvalue weighted by molar-refractivity contribution is 0.352. The van der Waals surface area contributed by atoms with E-state index in [1.165, 1.54) is 0 Å². The molecule has 1 aliphatic rings. The maximum absolute atomic E-state index is 5.66. The summed E-state index contributed by atoms with van der Waals surface area (Å²) in [5.74, 6) is 0. The quantitative estimate of drug-likeness (QED) is 0.548. The Balaban J connectivity index is -0.000000101. The van der Waals surface area contributed by atoms with Gasteiger partial charge >= 0.3 is 0 Å². The van der Waals surface area contributed by atoms with Gasteiger partial charge in [0, 0.05) is 18.1 Å². The van der Waals surface area contributed by atoms with Crippen LogP contribution in [0.25, 0.3) is 0 Å². The van der Waals surface area contributed by atoms with Crippen LogP contribution in [0.1, 0.15) is 19.3 Å². The molecule has 0 aromatic heterocycles. The Bertz CT molecular complexity index is 84.1. The van der Waals surface area contributed by atoms with Crippen molar-refractivity contribution in [2.45, 2.75) is 37.4 Å². The summed E-state index contributed by atoms with van der Waals surface area (Å²) >= 11 is 0. The van der Waals surface area contributed by atoms with Gasteiger partial charge in [-0.2, -0.15) is 0 Å². The first-order valence-corrected chi connectivity index (χ1v) is 3.45. The Hall–Kier alpha value is 0.710. The second-order valence-corrected chi connectivity index (χ2v) is 2.99. The van der Waals surface area contributed by atoms with Crippen LogP contribution in [0.4, 0.5) is 0 Å². The highest BCUT2D eigenvalue weighted by molar-refractivity contribution is 5.86. The van der Waals surface area contributed by atoms with E-state index in [0.29, 0.717) is 0 Å². The lowest BCUT2D eigenvalue weighted by Crippen LogP contribution is -2.45. The minimum Gasteiger partial charge on any atom is -0.412 e. The van der Waals surface area contributed by atoms with E-state index >= 15 is 0 Å². The van der Waals surface area contributed by atoms with Crippen molar-refractivity contribution in [1.82, 2.24) is 0 Å². The zero-order valence-corrected chi connectivity index (χ0v) is 9.76. The highest BCUT2D eigenvalue weighted by Gasteiger charge is 2.21. The first-order valence-electron chi connectivity index (χ1n) is 3.45. The highest BCUT2D eigenvalue weighted by Crippen LogP contribution is 2.13. The number of halogens is 3. The van der Waals surface area contributed by atoms with E-state index in [-0.39, 0.29) is 60.8 Å². The van der Waals surface area contributed by atoms with Crippen molar-refractivity contribution < 1.29 is 5.48 Å². The van der Waals surface area contributed by atoms with Gasteiger partial charge in [-0.3, -0.25) is 0 Å². The Morgan fingerprint density at radius 2 is 0.769 bits per heavy atom. The lowest BCUT2D eigenvalue weighted by Gasteiger charge is -2.28. The monoisotopic (exact) mass is 255 g/mol. The van der Waals surface area contributed by atoms with Crippen molar-refractivity contribution in [3.05, 3.63) is 0 Å². The molecule has 0 heterocycles. The number of rotatable bonds is 0. The SMILES string of the molecule is Cl.Cl.Cl.NC1CC(N)CC(N)C1.O. The van der Waals surface area contributed by atoms with Gasteiger partial charge < -0.3 is 22.7 Å². The summed E-state index contributed by atoms with van der Waals surface area (Å²) in [5, 5.41) is 0. The Morgan fingerprint density at radius 3 is 0.923 bits per heavy atom. The molecule has 0 spiro atoms. The predicted molar refractivity (Wildman–Crippen MR) is 63.1 cm³/mol. The van der Waals surface area contributed by atoms with Crippen molar-refractivity contribution >= 4 is 37.2 Å². The third-order valence-electron chi connectivity index (χ3n) is 1.82. The third-order valence-corrected chi connectivity index (χ3v) is 1.82. The van der Waals surface area contributed by atoms with Gasteiger partial charge in [-0.15, -0.1) is 37.2 Å². The summed E-state index contributed by atoms with van der Waals surface area (Å²) in [6, 6.07) is 0.719. The molecule has 1 rings (SSSR count). The van der Waals surface area contributed by atoms with Gasteiger partial charge in [0.2, 0.25) is 0 Å². The van der Waals surface area contributed by atoms with E-state index in [1.807, 2.05) is 0 Å². The number of hydrogen-bond acceptors (Lipinski definition) is 3. The third kappa shape index (κ3) is 9.02. The average molecular weight is 257 g/mol. The van der Waals surface area contributed by atoms with Crippen LogP contribution in [-0.4, -0.2) is 23.6 Å². The van der Waals surface area contributed by atoms with Crippen LogP contribution in [0.15, 0.2) is 0 Å². The van der Waals surface area contributed by atoms with Gasteiger partial charge in [-0.05, 0) is 19.3 Å². The maximum Gasteiger partial charge on any atom is 0.00683 e. The molecule has 8 N–H and O–H groups in total. The van der Waals surface area contributed by atoms with Crippen molar-refractivity contribution in [3.63, 3.8) is 0 Å². The van der Waals surface area contributed by atoms with E-state index in [4.69, 9.17) is 17.2 Å². The predicted octanol–water partition coefficient (Wildman–Crippen LogP) is -0.407. The standard InChI is InChI=1S/C6H15N3.3ClH.H2O/c7-4-1-5(8)3-6(9)2-4;;;;/h4-6H,1-3,7-9H2;3*1H;1H2. The van der Waals surface area contributed by atoms with Gasteiger partial charge in [0.15, 0.2) is 0 Å². The summed E-state index contributed by atoms with van der Waals surface area (Å²) in [7, 11) is 0. The molecule has 1 aliphatic carbocycles. The lowest BCUT2D eigenvalue weighted by atomic mass is 9.89. The Morgan fingerprint density at radius 1 is 0.615 bits per heavy atom. The van der Waals surface area contributed by atoms with Crippen LogP contribution in [0.2, 0.25) is 0 Å². The highest BCUT2D eigenvalue weighted by atomic mass is 35.5. The van der Waals surface area contributed by atoms with Crippen LogP contribution in [0, 0.1) is 0 Å². The minimum atomic E-state index is 0. The van der Waals surface area contributed by atoms with E-state index in [2.05, 4.69) is 0 Å². The summed E-state index contributed by atoms with van der Waals surface area (Å²) < 4.78 is 0. The molecular weight excluding hydrogens is 236 g/mol. The largest absolute Gasteiger partial charge is 0.412 e. The zero-order chi connectivity index (χ0) is 6.85. The molecule has 86 valence electrons. The topological polar surface area (TPSA) is 110 Å². The van der Waals surface area contributed by atoms with Gasteiger partial charge in [-0.25, -0.2) is 0 Å². The zero-order valence-electron chi connectivity index (χ0n) is 7.31. The van der Waals surface area contributed by atoms with Crippen LogP contribution >= 0.6 is 37.2 Å². The summed E-state index contributed by atoms with van der Waals surface area (Å²) in [4.78, 5) is 0. The fraction of sp³-hybridized carbons (Fsp3) is 1.00. The van der Waals surface area contributed by atoms with Crippen LogP contribution in [0.3, 0.4) is 0 Å². The molecule has 0 atom stereocenters. The molecule has 0 saturated heterocycles. The second-order valence-electron chi connectivity index (χ2n) is 2.99. The number of hydrogen-bond donors (Lipinski definition) is 3. The molecule has 13 heavy (non-hydrogen) atoms. The van der Waals surface area contributed by atoms with Crippen molar-refractivity contribution in [2.24, 2.45) is 17.2 Å². The van der Waals surface area contributed by atoms with E-state index < -0.39 is 0 Å².